The second-order valence-corrected chi connectivity index (χ2v) is 7.76. The second-order valence-electron chi connectivity index (χ2n) is 4.12. The fourth-order valence-corrected chi connectivity index (χ4v) is 4.21. The summed E-state index contributed by atoms with van der Waals surface area (Å²) in [6.45, 7) is 0. The van der Waals surface area contributed by atoms with Crippen LogP contribution in [0.5, 0.6) is 0 Å². The standard InChI is InChI=1S/C12H7BrFN3O2SSe/c13-8-5-4-7(6-9(8)14)20(18,19)15-10-2-1-3-11-12(10)17-21-16-11/h1-6,15H. The Hall–Kier alpha value is -1.28. The third-order valence-corrected chi connectivity index (χ3v) is 5.88. The molecule has 1 aliphatic rings. The van der Waals surface area contributed by atoms with Crippen LogP contribution in [0.15, 0.2) is 53.7 Å². The number of hydrogen-bond donors (Lipinski definition) is 1. The van der Waals surface area contributed by atoms with Gasteiger partial charge >= 0.3 is 135 Å². The summed E-state index contributed by atoms with van der Waals surface area (Å²) in [6.07, 6.45) is 0. The Morgan fingerprint density at radius 3 is 2.76 bits per heavy atom. The summed E-state index contributed by atoms with van der Waals surface area (Å²) in [5, 5.41) is 0. The van der Waals surface area contributed by atoms with Crippen molar-refractivity contribution in [2.45, 2.75) is 4.90 Å². The summed E-state index contributed by atoms with van der Waals surface area (Å²) in [5.74, 6) is -0.640. The topological polar surface area (TPSA) is 70.9 Å². The molecule has 0 unspecified atom stereocenters. The number of nitrogens with one attached hydrogen (secondary N) is 1. The van der Waals surface area contributed by atoms with Crippen LogP contribution in [0, 0.1) is 5.82 Å². The van der Waals surface area contributed by atoms with Gasteiger partial charge in [-0.15, -0.1) is 0 Å². The maximum absolute atomic E-state index is 13.5. The van der Waals surface area contributed by atoms with Gasteiger partial charge in [0.05, 0.1) is 0 Å². The van der Waals surface area contributed by atoms with Crippen molar-refractivity contribution < 1.29 is 12.8 Å². The van der Waals surface area contributed by atoms with Gasteiger partial charge in [-0.2, -0.15) is 0 Å². The van der Waals surface area contributed by atoms with E-state index >= 15 is 0 Å². The Bertz CT molecular complexity index is 911. The van der Waals surface area contributed by atoms with Gasteiger partial charge in [-0.25, -0.2) is 0 Å². The zero-order valence-corrected chi connectivity index (χ0v) is 14.4. The van der Waals surface area contributed by atoms with Crippen molar-refractivity contribution in [3.8, 4) is 0 Å². The predicted molar refractivity (Wildman–Crippen MR) is 81.3 cm³/mol. The SMILES string of the molecule is O=S(=O)(Nc1cccc2c1N=[Se]=N2)c1ccc(Br)c(F)c1. The molecule has 0 radical (unpaired) electrons. The van der Waals surface area contributed by atoms with Crippen LogP contribution in [0.1, 0.15) is 0 Å². The number of rotatable bonds is 3. The number of hydrogen-bond acceptors (Lipinski definition) is 4. The maximum atomic E-state index is 13.5. The zero-order valence-electron chi connectivity index (χ0n) is 10.2. The van der Waals surface area contributed by atoms with Gasteiger partial charge in [-0.1, -0.05) is 0 Å². The average molecular weight is 435 g/mol. The van der Waals surface area contributed by atoms with E-state index in [2.05, 4.69) is 28.6 Å². The first-order chi connectivity index (χ1) is 9.97. The molecule has 108 valence electrons. The predicted octanol–water partition coefficient (Wildman–Crippen LogP) is 3.74. The molecule has 0 spiro atoms. The van der Waals surface area contributed by atoms with E-state index in [1.54, 1.807) is 18.2 Å². The van der Waals surface area contributed by atoms with Crippen molar-refractivity contribution in [2.24, 2.45) is 7.92 Å². The van der Waals surface area contributed by atoms with E-state index in [0.717, 1.165) is 6.07 Å². The van der Waals surface area contributed by atoms with Gasteiger partial charge in [0.25, 0.3) is 0 Å². The van der Waals surface area contributed by atoms with Crippen LogP contribution < -0.4 is 4.72 Å². The van der Waals surface area contributed by atoms with Gasteiger partial charge in [0.15, 0.2) is 0 Å². The second kappa shape index (κ2) is 5.49. The number of nitrogens with zero attached hydrogens (tertiary/aromatic N) is 2. The molecular formula is C12H7BrFN3O2SSe. The third kappa shape index (κ3) is 2.87. The fourth-order valence-electron chi connectivity index (χ4n) is 1.74. The van der Waals surface area contributed by atoms with E-state index in [-0.39, 0.29) is 23.9 Å². The number of sulfonamides is 1. The summed E-state index contributed by atoms with van der Waals surface area (Å²) in [6, 6.07) is 8.70. The van der Waals surface area contributed by atoms with Gasteiger partial charge in [0.1, 0.15) is 0 Å². The molecule has 0 fully saturated rings. The molecule has 0 bridgehead atoms. The molecule has 21 heavy (non-hydrogen) atoms. The average Bonchev–Trinajstić information content (AvgIpc) is 2.91. The van der Waals surface area contributed by atoms with Crippen molar-refractivity contribution in [2.75, 3.05) is 4.72 Å². The minimum atomic E-state index is -3.88. The Labute approximate surface area is 134 Å². The quantitative estimate of drug-likeness (QED) is 0.637. The molecule has 0 aliphatic carbocycles. The molecule has 9 heteroatoms. The van der Waals surface area contributed by atoms with Crippen LogP contribution in [0.25, 0.3) is 0 Å². The van der Waals surface area contributed by atoms with Gasteiger partial charge < -0.3 is 0 Å². The molecule has 0 saturated heterocycles. The summed E-state index contributed by atoms with van der Waals surface area (Å²) in [4.78, 5) is -0.152. The van der Waals surface area contributed by atoms with E-state index in [4.69, 9.17) is 0 Å². The van der Waals surface area contributed by atoms with Crippen LogP contribution in [-0.4, -0.2) is 23.0 Å². The van der Waals surface area contributed by atoms with Crippen LogP contribution in [0.2, 0.25) is 0 Å². The normalized spacial score (nSPS) is 12.9. The van der Waals surface area contributed by atoms with Crippen LogP contribution in [0.4, 0.5) is 21.5 Å². The molecule has 2 aromatic rings. The Kier molecular flexibility index (Phi) is 3.83. The van der Waals surface area contributed by atoms with E-state index in [1.165, 1.54) is 12.1 Å². The Balaban J connectivity index is 1.99. The summed E-state index contributed by atoms with van der Waals surface area (Å²) < 4.78 is 49.1. The number of anilines is 1. The molecule has 1 heterocycles. The summed E-state index contributed by atoms with van der Waals surface area (Å²) in [5.41, 5.74) is 1.54. The molecule has 1 N–H and O–H groups in total. The number of halogens is 2. The zero-order chi connectivity index (χ0) is 15.0. The van der Waals surface area contributed by atoms with E-state index in [1.807, 2.05) is 0 Å². The van der Waals surface area contributed by atoms with Crippen LogP contribution >= 0.6 is 15.9 Å². The molecule has 5 nitrogen and oxygen atoms in total. The summed E-state index contributed by atoms with van der Waals surface area (Å²) in [7, 11) is -3.88. The number of benzene rings is 2. The molecule has 0 saturated carbocycles. The van der Waals surface area contributed by atoms with Crippen molar-refractivity contribution in [3.05, 3.63) is 46.7 Å². The molecule has 0 amide bonds. The van der Waals surface area contributed by atoms with Gasteiger partial charge in [0.2, 0.25) is 0 Å². The van der Waals surface area contributed by atoms with Gasteiger partial charge in [0, 0.05) is 0 Å². The molecule has 0 atom stereocenters. The molecular weight excluding hydrogens is 428 g/mol. The van der Waals surface area contributed by atoms with Gasteiger partial charge in [-0.05, 0) is 0 Å². The fraction of sp³-hybridized carbons (Fsp3) is 0. The Morgan fingerprint density at radius 1 is 1.19 bits per heavy atom. The third-order valence-electron chi connectivity index (χ3n) is 2.73. The molecule has 3 rings (SSSR count). The van der Waals surface area contributed by atoms with Crippen molar-refractivity contribution >= 4 is 57.6 Å². The Morgan fingerprint density at radius 2 is 2.00 bits per heavy atom. The first kappa shape index (κ1) is 14.6. The van der Waals surface area contributed by atoms with E-state index < -0.39 is 15.8 Å². The molecule has 0 aromatic heterocycles. The first-order valence-corrected chi connectivity index (χ1v) is 9.47. The summed E-state index contributed by atoms with van der Waals surface area (Å²) >= 11 is 2.73. The van der Waals surface area contributed by atoms with E-state index in [0.29, 0.717) is 17.1 Å². The number of fused-ring (bicyclic) bond motifs is 1. The van der Waals surface area contributed by atoms with Crippen LogP contribution in [-0.2, 0) is 10.0 Å². The molecule has 1 aliphatic heterocycles. The van der Waals surface area contributed by atoms with Crippen molar-refractivity contribution in [1.82, 2.24) is 0 Å². The van der Waals surface area contributed by atoms with E-state index in [9.17, 15) is 12.8 Å². The van der Waals surface area contributed by atoms with Crippen LogP contribution in [0.3, 0.4) is 0 Å². The van der Waals surface area contributed by atoms with Crippen molar-refractivity contribution in [3.63, 3.8) is 0 Å². The van der Waals surface area contributed by atoms with Gasteiger partial charge in [-0.3, -0.25) is 0 Å². The van der Waals surface area contributed by atoms with Crippen molar-refractivity contribution in [1.29, 1.82) is 0 Å². The first-order valence-electron chi connectivity index (χ1n) is 5.66. The molecule has 2 aromatic carbocycles. The monoisotopic (exact) mass is 435 g/mol. The minimum absolute atomic E-state index is 0.152.